The molecule has 0 spiro atoms. The monoisotopic (exact) mass is 337 g/mol. The van der Waals surface area contributed by atoms with Crippen molar-refractivity contribution in [3.8, 4) is 0 Å². The molecule has 22 heavy (non-hydrogen) atoms. The molecule has 0 aromatic heterocycles. The lowest BCUT2D eigenvalue weighted by Crippen LogP contribution is -2.71. The minimum atomic E-state index is -6.52. The highest BCUT2D eigenvalue weighted by Crippen LogP contribution is 2.41. The van der Waals surface area contributed by atoms with Crippen LogP contribution < -0.4 is 5.11 Å². The Morgan fingerprint density at radius 2 is 1.55 bits per heavy atom. The summed E-state index contributed by atoms with van der Waals surface area (Å²) in [7, 11) is 0. The summed E-state index contributed by atoms with van der Waals surface area (Å²) in [6.07, 6.45) is -13.0. The molecule has 0 fully saturated rings. The SMILES string of the molecule is O=C(OCc1cc(F)ccc1F)C([O-])(C(F)(F)F)C(F)(F)F. The molecule has 11 heteroatoms. The molecule has 0 saturated heterocycles. The molecular formula is C11H5F8O3-. The van der Waals surface area contributed by atoms with E-state index in [1.165, 1.54) is 0 Å². The lowest BCUT2D eigenvalue weighted by Gasteiger charge is -2.40. The number of carbonyl (C=O) groups is 1. The van der Waals surface area contributed by atoms with Gasteiger partial charge in [0.25, 0.3) is 0 Å². The molecule has 0 aliphatic heterocycles. The number of ether oxygens (including phenoxy) is 1. The van der Waals surface area contributed by atoms with E-state index < -0.39 is 47.7 Å². The molecule has 0 unspecified atom stereocenters. The third-order valence-corrected chi connectivity index (χ3v) is 2.45. The van der Waals surface area contributed by atoms with Gasteiger partial charge in [-0.3, -0.25) is 4.79 Å². The van der Waals surface area contributed by atoms with Gasteiger partial charge in [-0.25, -0.2) is 8.78 Å². The highest BCUT2D eigenvalue weighted by atomic mass is 19.4. The van der Waals surface area contributed by atoms with Crippen molar-refractivity contribution in [1.82, 2.24) is 0 Å². The summed E-state index contributed by atoms with van der Waals surface area (Å²) < 4.78 is 103. The first-order valence-electron chi connectivity index (χ1n) is 5.25. The fourth-order valence-electron chi connectivity index (χ4n) is 1.29. The van der Waals surface area contributed by atoms with E-state index in [-0.39, 0.29) is 0 Å². The van der Waals surface area contributed by atoms with Crippen LogP contribution in [0.2, 0.25) is 0 Å². The average molecular weight is 337 g/mol. The third kappa shape index (κ3) is 3.29. The molecule has 1 aromatic rings. The van der Waals surface area contributed by atoms with Crippen molar-refractivity contribution in [3.63, 3.8) is 0 Å². The molecule has 0 heterocycles. The van der Waals surface area contributed by atoms with Crippen LogP contribution in [0.1, 0.15) is 5.56 Å². The number of carbonyl (C=O) groups excluding carboxylic acids is 1. The van der Waals surface area contributed by atoms with Gasteiger partial charge in [-0.1, -0.05) is 0 Å². The molecule has 0 aliphatic carbocycles. The average Bonchev–Trinajstić information content (AvgIpc) is 2.35. The Morgan fingerprint density at radius 3 is 2.00 bits per heavy atom. The summed E-state index contributed by atoms with van der Waals surface area (Å²) in [6.45, 7) is -1.47. The van der Waals surface area contributed by atoms with E-state index in [2.05, 4.69) is 4.74 Å². The zero-order valence-corrected chi connectivity index (χ0v) is 10.2. The number of halogens is 8. The number of hydrogen-bond acceptors (Lipinski definition) is 3. The molecular weight excluding hydrogens is 332 g/mol. The second kappa shape index (κ2) is 5.71. The summed E-state index contributed by atoms with van der Waals surface area (Å²) in [5.74, 6) is -5.53. The second-order valence-electron chi connectivity index (χ2n) is 3.99. The maximum absolute atomic E-state index is 13.1. The van der Waals surface area contributed by atoms with Crippen molar-refractivity contribution < 1.29 is 49.8 Å². The maximum Gasteiger partial charge on any atom is 0.399 e. The molecule has 0 amide bonds. The van der Waals surface area contributed by atoms with Gasteiger partial charge in [0, 0.05) is 5.56 Å². The smallest absolute Gasteiger partial charge is 0.399 e. The zero-order valence-electron chi connectivity index (χ0n) is 10.2. The van der Waals surface area contributed by atoms with Crippen LogP contribution >= 0.6 is 0 Å². The first kappa shape index (κ1) is 18.1. The van der Waals surface area contributed by atoms with Crippen LogP contribution in [0, 0.1) is 11.6 Å². The molecule has 1 aromatic carbocycles. The molecule has 0 radical (unpaired) electrons. The Hall–Kier alpha value is -1.91. The summed E-state index contributed by atoms with van der Waals surface area (Å²) >= 11 is 0. The third-order valence-electron chi connectivity index (χ3n) is 2.45. The molecule has 0 atom stereocenters. The first-order valence-corrected chi connectivity index (χ1v) is 5.25. The number of hydrogen-bond donors (Lipinski definition) is 0. The van der Waals surface area contributed by atoms with Gasteiger partial charge >= 0.3 is 18.3 Å². The van der Waals surface area contributed by atoms with Crippen LogP contribution in [0.15, 0.2) is 18.2 Å². The summed E-state index contributed by atoms with van der Waals surface area (Å²) in [5, 5.41) is 10.9. The number of esters is 1. The summed E-state index contributed by atoms with van der Waals surface area (Å²) in [4.78, 5) is 10.9. The van der Waals surface area contributed by atoms with E-state index in [4.69, 9.17) is 0 Å². The van der Waals surface area contributed by atoms with Crippen LogP contribution in [0.5, 0.6) is 0 Å². The molecule has 124 valence electrons. The minimum Gasteiger partial charge on any atom is -0.828 e. The molecule has 1 rings (SSSR count). The van der Waals surface area contributed by atoms with Gasteiger partial charge < -0.3 is 9.84 Å². The lowest BCUT2D eigenvalue weighted by atomic mass is 10.0. The van der Waals surface area contributed by atoms with Gasteiger partial charge in [-0.15, -0.1) is 0 Å². The van der Waals surface area contributed by atoms with Gasteiger partial charge in [0.1, 0.15) is 18.2 Å². The Balaban J connectivity index is 3.02. The normalized spacial score (nSPS) is 13.1. The van der Waals surface area contributed by atoms with Crippen molar-refractivity contribution >= 4 is 5.97 Å². The van der Waals surface area contributed by atoms with Crippen LogP contribution in [0.4, 0.5) is 35.1 Å². The molecule has 0 bridgehead atoms. The lowest BCUT2D eigenvalue weighted by molar-refractivity contribution is -0.574. The molecule has 0 saturated carbocycles. The van der Waals surface area contributed by atoms with E-state index in [0.717, 1.165) is 0 Å². The van der Waals surface area contributed by atoms with Crippen LogP contribution in [-0.2, 0) is 16.1 Å². The van der Waals surface area contributed by atoms with Crippen LogP contribution in [0.3, 0.4) is 0 Å². The maximum atomic E-state index is 13.1. The predicted molar refractivity (Wildman–Crippen MR) is 51.0 cm³/mol. The van der Waals surface area contributed by atoms with Crippen molar-refractivity contribution in [3.05, 3.63) is 35.4 Å². The molecule has 3 nitrogen and oxygen atoms in total. The number of alkyl halides is 6. The van der Waals surface area contributed by atoms with Gasteiger partial charge in [-0.2, -0.15) is 26.3 Å². The number of benzene rings is 1. The van der Waals surface area contributed by atoms with Gasteiger partial charge in [-0.05, 0) is 18.2 Å². The zero-order chi connectivity index (χ0) is 17.3. The van der Waals surface area contributed by atoms with Crippen molar-refractivity contribution in [1.29, 1.82) is 0 Å². The van der Waals surface area contributed by atoms with Crippen LogP contribution in [0.25, 0.3) is 0 Å². The minimum absolute atomic E-state index is 0.385. The fourth-order valence-corrected chi connectivity index (χ4v) is 1.29. The summed E-state index contributed by atoms with van der Waals surface area (Å²) in [5.41, 5.74) is -6.86. The second-order valence-corrected chi connectivity index (χ2v) is 3.99. The van der Waals surface area contributed by atoms with E-state index in [1.807, 2.05) is 0 Å². The topological polar surface area (TPSA) is 49.4 Å². The van der Waals surface area contributed by atoms with Crippen molar-refractivity contribution in [2.45, 2.75) is 24.6 Å². The van der Waals surface area contributed by atoms with Crippen LogP contribution in [-0.4, -0.2) is 23.9 Å². The Labute approximate surface area is 117 Å². The molecule has 0 aliphatic rings. The fraction of sp³-hybridized carbons (Fsp3) is 0.364. The van der Waals surface area contributed by atoms with Gasteiger partial charge in [0.15, 0.2) is 5.60 Å². The largest absolute Gasteiger partial charge is 0.828 e. The van der Waals surface area contributed by atoms with E-state index in [1.54, 1.807) is 0 Å². The Kier molecular flexibility index (Phi) is 4.70. The quantitative estimate of drug-likeness (QED) is 0.628. The molecule has 0 N–H and O–H groups in total. The highest BCUT2D eigenvalue weighted by molar-refractivity contribution is 5.81. The Bertz CT molecular complexity index is 549. The predicted octanol–water partition coefficient (Wildman–Crippen LogP) is 2.23. The first-order chi connectivity index (χ1) is 9.80. The standard InChI is InChI=1S/C11H5F8O3/c12-6-1-2-7(13)5(3-6)4-22-8(20)9(21,10(14,15)16)11(17,18)19/h1-3H,4H2/q-1. The highest BCUT2D eigenvalue weighted by Gasteiger charge is 2.68. The van der Waals surface area contributed by atoms with E-state index in [0.29, 0.717) is 18.2 Å². The summed E-state index contributed by atoms with van der Waals surface area (Å²) in [6, 6.07) is 1.51. The van der Waals surface area contributed by atoms with E-state index in [9.17, 15) is 45.0 Å². The van der Waals surface area contributed by atoms with Crippen molar-refractivity contribution in [2.24, 2.45) is 0 Å². The van der Waals surface area contributed by atoms with Crippen molar-refractivity contribution in [2.75, 3.05) is 0 Å². The van der Waals surface area contributed by atoms with E-state index >= 15 is 0 Å². The van der Waals surface area contributed by atoms with Gasteiger partial charge in [0.2, 0.25) is 0 Å². The van der Waals surface area contributed by atoms with Gasteiger partial charge in [0.05, 0.1) is 0 Å². The number of rotatable bonds is 3. The Morgan fingerprint density at radius 1 is 1.05 bits per heavy atom.